The molecule has 0 bridgehead atoms. The molecular weight excluding hydrogens is 308 g/mol. The number of aromatic hydroxyl groups is 2. The van der Waals surface area contributed by atoms with Gasteiger partial charge in [0.05, 0.1) is 14.2 Å². The lowest BCUT2D eigenvalue weighted by Crippen LogP contribution is -1.89. The molecule has 0 saturated heterocycles. The maximum absolute atomic E-state index is 9.97. The van der Waals surface area contributed by atoms with Gasteiger partial charge in [-0.05, 0) is 24.3 Å². The van der Waals surface area contributed by atoms with Crippen LogP contribution in [0.25, 0.3) is 0 Å². The average Bonchev–Trinajstić information content (AvgIpc) is 2.60. The van der Waals surface area contributed by atoms with Gasteiger partial charge in [0, 0.05) is 23.6 Å². The maximum atomic E-state index is 9.97. The number of nitrogens with zero attached hydrogens (tertiary/aromatic N) is 2. The Labute approximate surface area is 140 Å². The largest absolute Gasteiger partial charge is 0.504 e. The molecule has 0 aliphatic carbocycles. The number of phenols is 2. The lowest BCUT2D eigenvalue weighted by atomic mass is 10.2. The van der Waals surface area contributed by atoms with E-state index in [1.807, 2.05) is 0 Å². The van der Waals surface area contributed by atoms with Gasteiger partial charge in [0.2, 0.25) is 0 Å². The summed E-state index contributed by atoms with van der Waals surface area (Å²) in [7, 11) is 2.94. The van der Waals surface area contributed by atoms with E-state index in [0.717, 1.165) is 0 Å². The zero-order valence-corrected chi connectivity index (χ0v) is 13.4. The van der Waals surface area contributed by atoms with Crippen molar-refractivity contribution >= 4 is 12.4 Å². The van der Waals surface area contributed by atoms with Crippen molar-refractivity contribution in [1.29, 1.82) is 0 Å². The number of benzene rings is 2. The highest BCUT2D eigenvalue weighted by Gasteiger charge is 2.06. The molecular formula is C18H18N2O4. The van der Waals surface area contributed by atoms with Gasteiger partial charge in [0.15, 0.2) is 23.0 Å². The minimum Gasteiger partial charge on any atom is -0.504 e. The van der Waals surface area contributed by atoms with Gasteiger partial charge in [-0.2, -0.15) is 0 Å². The van der Waals surface area contributed by atoms with Crippen molar-refractivity contribution in [3.05, 3.63) is 59.9 Å². The fraction of sp³-hybridized carbons (Fsp3) is 0.111. The van der Waals surface area contributed by atoms with E-state index in [0.29, 0.717) is 22.6 Å². The standard InChI is InChI=1S/C18H18N2O4/c1-12(19-10-13-6-4-8-15(23-2)17(13)21)20-11-14-7-5-9-16(24-3)18(14)22/h4-11,21-22H,1H2,2-3H3. The molecule has 0 aromatic heterocycles. The number of ether oxygens (including phenoxy) is 2. The van der Waals surface area contributed by atoms with Crippen molar-refractivity contribution in [2.45, 2.75) is 0 Å². The maximum Gasteiger partial charge on any atom is 0.166 e. The molecule has 124 valence electrons. The second-order valence-corrected chi connectivity index (χ2v) is 4.73. The third-order valence-electron chi connectivity index (χ3n) is 3.21. The summed E-state index contributed by atoms with van der Waals surface area (Å²) in [5, 5.41) is 19.9. The van der Waals surface area contributed by atoms with Gasteiger partial charge in [-0.15, -0.1) is 0 Å². The predicted octanol–water partition coefficient (Wildman–Crippen LogP) is 3.12. The van der Waals surface area contributed by atoms with Crippen LogP contribution < -0.4 is 9.47 Å². The summed E-state index contributed by atoms with van der Waals surface area (Å²) in [6, 6.07) is 10.1. The molecule has 0 aliphatic rings. The Morgan fingerprint density at radius 2 is 1.29 bits per heavy atom. The smallest absolute Gasteiger partial charge is 0.166 e. The minimum absolute atomic E-state index is 0.00836. The van der Waals surface area contributed by atoms with E-state index >= 15 is 0 Å². The number of methoxy groups -OCH3 is 2. The third-order valence-corrected chi connectivity index (χ3v) is 3.21. The fourth-order valence-electron chi connectivity index (χ4n) is 1.94. The summed E-state index contributed by atoms with van der Waals surface area (Å²) >= 11 is 0. The topological polar surface area (TPSA) is 83.6 Å². The molecule has 0 spiro atoms. The normalized spacial score (nSPS) is 11.1. The Hall–Kier alpha value is -3.28. The Kier molecular flexibility index (Phi) is 5.57. The molecule has 2 N–H and O–H groups in total. The minimum atomic E-state index is -0.00836. The van der Waals surface area contributed by atoms with Crippen LogP contribution in [-0.4, -0.2) is 36.9 Å². The molecule has 0 heterocycles. The zero-order chi connectivity index (χ0) is 17.5. The van der Waals surface area contributed by atoms with E-state index < -0.39 is 0 Å². The second-order valence-electron chi connectivity index (χ2n) is 4.73. The Bertz CT molecular complexity index is 732. The van der Waals surface area contributed by atoms with Gasteiger partial charge < -0.3 is 19.7 Å². The molecule has 0 unspecified atom stereocenters. The van der Waals surface area contributed by atoms with Crippen LogP contribution in [0.5, 0.6) is 23.0 Å². The zero-order valence-electron chi connectivity index (χ0n) is 13.4. The summed E-state index contributed by atoms with van der Waals surface area (Å²) in [4.78, 5) is 8.14. The highest BCUT2D eigenvalue weighted by molar-refractivity contribution is 5.87. The quantitative estimate of drug-likeness (QED) is 0.799. The van der Waals surface area contributed by atoms with Crippen LogP contribution in [0.1, 0.15) is 11.1 Å². The summed E-state index contributed by atoms with van der Waals surface area (Å²) in [6.45, 7) is 3.71. The predicted molar refractivity (Wildman–Crippen MR) is 93.6 cm³/mol. The highest BCUT2D eigenvalue weighted by Crippen LogP contribution is 2.29. The average molecular weight is 326 g/mol. The monoisotopic (exact) mass is 326 g/mol. The number of hydrogen-bond acceptors (Lipinski definition) is 6. The lowest BCUT2D eigenvalue weighted by Gasteiger charge is -2.05. The van der Waals surface area contributed by atoms with Gasteiger partial charge >= 0.3 is 0 Å². The van der Waals surface area contributed by atoms with Crippen molar-refractivity contribution in [3.63, 3.8) is 0 Å². The van der Waals surface area contributed by atoms with E-state index in [-0.39, 0.29) is 17.3 Å². The summed E-state index contributed by atoms with van der Waals surface area (Å²) < 4.78 is 10.1. The molecule has 6 nitrogen and oxygen atoms in total. The molecule has 24 heavy (non-hydrogen) atoms. The van der Waals surface area contributed by atoms with Crippen molar-refractivity contribution < 1.29 is 19.7 Å². The molecule has 0 aliphatic heterocycles. The van der Waals surface area contributed by atoms with Crippen molar-refractivity contribution in [3.8, 4) is 23.0 Å². The van der Waals surface area contributed by atoms with Crippen LogP contribution >= 0.6 is 0 Å². The van der Waals surface area contributed by atoms with E-state index in [2.05, 4.69) is 16.6 Å². The first-order valence-electron chi connectivity index (χ1n) is 7.05. The summed E-state index contributed by atoms with van der Waals surface area (Å²) in [6.07, 6.45) is 2.87. The molecule has 0 amide bonds. The van der Waals surface area contributed by atoms with E-state index in [9.17, 15) is 10.2 Å². The van der Waals surface area contributed by atoms with E-state index in [4.69, 9.17) is 9.47 Å². The molecule has 0 radical (unpaired) electrons. The number of aliphatic imine (C=N–C) groups is 2. The number of rotatable bonds is 6. The molecule has 2 rings (SSSR count). The first-order chi connectivity index (χ1) is 11.6. The first-order valence-corrected chi connectivity index (χ1v) is 7.05. The van der Waals surface area contributed by atoms with Crippen molar-refractivity contribution in [2.24, 2.45) is 9.98 Å². The first kappa shape index (κ1) is 17.1. The van der Waals surface area contributed by atoms with E-state index in [1.54, 1.807) is 36.4 Å². The van der Waals surface area contributed by atoms with Gasteiger partial charge in [0.1, 0.15) is 5.82 Å². The van der Waals surface area contributed by atoms with Crippen molar-refractivity contribution in [1.82, 2.24) is 0 Å². The van der Waals surface area contributed by atoms with Gasteiger partial charge in [0.25, 0.3) is 0 Å². The molecule has 2 aromatic carbocycles. The third kappa shape index (κ3) is 3.92. The molecule has 0 fully saturated rings. The number of phenolic OH excluding ortho intramolecular Hbond substituents is 2. The Balaban J connectivity index is 2.14. The number of hydrogen-bond donors (Lipinski definition) is 2. The molecule has 6 heteroatoms. The van der Waals surface area contributed by atoms with Crippen LogP contribution in [0.3, 0.4) is 0 Å². The molecule has 0 atom stereocenters. The van der Waals surface area contributed by atoms with Crippen LogP contribution in [0.2, 0.25) is 0 Å². The SMILES string of the molecule is C=C(N=Cc1cccc(OC)c1O)N=Cc1cccc(OC)c1O. The van der Waals surface area contributed by atoms with E-state index in [1.165, 1.54) is 26.6 Å². The molecule has 2 aromatic rings. The van der Waals surface area contributed by atoms with Crippen LogP contribution in [0.15, 0.2) is 58.8 Å². The summed E-state index contributed by atoms with van der Waals surface area (Å²) in [5.74, 6) is 0.903. The highest BCUT2D eigenvalue weighted by atomic mass is 16.5. The van der Waals surface area contributed by atoms with Crippen LogP contribution in [-0.2, 0) is 0 Å². The molecule has 0 saturated carbocycles. The Morgan fingerprint density at radius 3 is 1.67 bits per heavy atom. The lowest BCUT2D eigenvalue weighted by molar-refractivity contribution is 0.373. The fourth-order valence-corrected chi connectivity index (χ4v) is 1.94. The number of para-hydroxylation sites is 2. The van der Waals surface area contributed by atoms with Gasteiger partial charge in [-0.25, -0.2) is 9.98 Å². The van der Waals surface area contributed by atoms with Crippen LogP contribution in [0, 0.1) is 0 Å². The Morgan fingerprint density at radius 1 is 0.875 bits per heavy atom. The van der Waals surface area contributed by atoms with Crippen LogP contribution in [0.4, 0.5) is 0 Å². The summed E-state index contributed by atoms with van der Waals surface area (Å²) in [5.41, 5.74) is 0.963. The van der Waals surface area contributed by atoms with Crippen molar-refractivity contribution in [2.75, 3.05) is 14.2 Å². The van der Waals surface area contributed by atoms with Gasteiger partial charge in [-0.3, -0.25) is 0 Å². The van der Waals surface area contributed by atoms with Gasteiger partial charge in [-0.1, -0.05) is 18.7 Å². The second kappa shape index (κ2) is 7.82.